The van der Waals surface area contributed by atoms with E-state index >= 15 is 0 Å². The van der Waals surface area contributed by atoms with Crippen molar-refractivity contribution in [3.05, 3.63) is 58.6 Å². The number of carbonyl (C=O) groups is 1. The molecule has 2 N–H and O–H groups in total. The molecule has 1 atom stereocenters. The second-order valence-electron chi connectivity index (χ2n) is 6.01. The van der Waals surface area contributed by atoms with Crippen LogP contribution in [0.25, 0.3) is 11.0 Å². The van der Waals surface area contributed by atoms with Gasteiger partial charge in [0.2, 0.25) is 5.88 Å². The first-order valence-electron chi connectivity index (χ1n) is 8.41. The number of rotatable bonds is 6. The fraction of sp³-hybridized carbons (Fsp3) is 0.278. The molecule has 2 heterocycles. The van der Waals surface area contributed by atoms with E-state index in [1.807, 2.05) is 0 Å². The number of imidazole rings is 1. The first-order chi connectivity index (χ1) is 13.3. The van der Waals surface area contributed by atoms with Gasteiger partial charge in [-0.15, -0.1) is 0 Å². The Morgan fingerprint density at radius 3 is 2.79 bits per heavy atom. The number of aromatic nitrogens is 3. The van der Waals surface area contributed by atoms with E-state index in [1.165, 1.54) is 22.9 Å². The predicted octanol–water partition coefficient (Wildman–Crippen LogP) is 2.48. The van der Waals surface area contributed by atoms with Crippen LogP contribution in [0.1, 0.15) is 17.3 Å². The summed E-state index contributed by atoms with van der Waals surface area (Å²) >= 11 is 0. The number of H-pyrrole nitrogens is 1. The number of alkyl halides is 3. The van der Waals surface area contributed by atoms with Crippen LogP contribution in [-0.2, 0) is 6.54 Å². The van der Waals surface area contributed by atoms with Crippen LogP contribution in [0.2, 0.25) is 0 Å². The first-order valence-corrected chi connectivity index (χ1v) is 8.41. The molecule has 0 bridgehead atoms. The van der Waals surface area contributed by atoms with Gasteiger partial charge in [-0.25, -0.2) is 9.78 Å². The number of amides is 1. The second kappa shape index (κ2) is 7.75. The van der Waals surface area contributed by atoms with Gasteiger partial charge in [0.05, 0.1) is 11.0 Å². The van der Waals surface area contributed by atoms with Crippen LogP contribution in [0.5, 0.6) is 5.88 Å². The molecule has 0 aliphatic heterocycles. The third kappa shape index (κ3) is 4.16. The van der Waals surface area contributed by atoms with E-state index in [9.17, 15) is 22.8 Å². The highest BCUT2D eigenvalue weighted by atomic mass is 19.4. The Hall–Kier alpha value is -3.30. The summed E-state index contributed by atoms with van der Waals surface area (Å²) in [7, 11) is 0. The van der Waals surface area contributed by atoms with Gasteiger partial charge in [-0.3, -0.25) is 9.36 Å². The lowest BCUT2D eigenvalue weighted by Crippen LogP contribution is -2.33. The van der Waals surface area contributed by atoms with E-state index < -0.39 is 24.1 Å². The maximum atomic E-state index is 12.7. The Bertz CT molecular complexity index is 1040. The van der Waals surface area contributed by atoms with Crippen molar-refractivity contribution < 1.29 is 22.7 Å². The normalized spacial score (nSPS) is 12.7. The second-order valence-corrected chi connectivity index (χ2v) is 6.01. The average molecular weight is 394 g/mol. The quantitative estimate of drug-likeness (QED) is 0.672. The molecule has 1 amide bonds. The summed E-state index contributed by atoms with van der Waals surface area (Å²) < 4.78 is 44.4. The third-order valence-corrected chi connectivity index (χ3v) is 4.07. The van der Waals surface area contributed by atoms with Crippen molar-refractivity contribution in [1.29, 1.82) is 0 Å². The van der Waals surface area contributed by atoms with Crippen molar-refractivity contribution in [2.24, 2.45) is 0 Å². The molecule has 0 unspecified atom stereocenters. The highest BCUT2D eigenvalue weighted by molar-refractivity contribution is 5.96. The van der Waals surface area contributed by atoms with Gasteiger partial charge in [0.15, 0.2) is 6.10 Å². The minimum atomic E-state index is -4.58. The summed E-state index contributed by atoms with van der Waals surface area (Å²) in [6.07, 6.45) is -5.46. The van der Waals surface area contributed by atoms with Gasteiger partial charge in [-0.05, 0) is 31.2 Å². The van der Waals surface area contributed by atoms with Crippen molar-refractivity contribution in [2.75, 3.05) is 6.54 Å². The molecule has 28 heavy (non-hydrogen) atoms. The largest absolute Gasteiger partial charge is 0.464 e. The van der Waals surface area contributed by atoms with Crippen LogP contribution in [0.4, 0.5) is 13.2 Å². The zero-order valence-electron chi connectivity index (χ0n) is 14.8. The number of ether oxygens (including phenoxy) is 1. The molecule has 0 fully saturated rings. The molecule has 0 radical (unpaired) electrons. The van der Waals surface area contributed by atoms with Gasteiger partial charge in [0.25, 0.3) is 5.91 Å². The van der Waals surface area contributed by atoms with E-state index in [2.05, 4.69) is 15.3 Å². The zero-order valence-corrected chi connectivity index (χ0v) is 14.8. The summed E-state index contributed by atoms with van der Waals surface area (Å²) in [5, 5.41) is 2.57. The molecule has 0 aliphatic carbocycles. The van der Waals surface area contributed by atoms with Crippen LogP contribution in [0.3, 0.4) is 0 Å². The zero-order chi connectivity index (χ0) is 20.3. The number of hydrogen-bond donors (Lipinski definition) is 2. The molecular formula is C18H17F3N4O3. The van der Waals surface area contributed by atoms with Gasteiger partial charge in [0.1, 0.15) is 5.56 Å². The van der Waals surface area contributed by atoms with Crippen molar-refractivity contribution in [2.45, 2.75) is 25.7 Å². The van der Waals surface area contributed by atoms with Crippen LogP contribution in [0, 0.1) is 0 Å². The fourth-order valence-electron chi connectivity index (χ4n) is 2.60. The number of nitrogens with one attached hydrogen (secondary N) is 2. The summed E-state index contributed by atoms with van der Waals surface area (Å²) in [6, 6.07) is 9.83. The maximum Gasteiger partial charge on any atom is 0.425 e. The smallest absolute Gasteiger partial charge is 0.425 e. The van der Waals surface area contributed by atoms with Gasteiger partial charge in [0, 0.05) is 19.3 Å². The maximum absolute atomic E-state index is 12.7. The van der Waals surface area contributed by atoms with Gasteiger partial charge >= 0.3 is 11.9 Å². The van der Waals surface area contributed by atoms with Crippen molar-refractivity contribution >= 4 is 16.9 Å². The number of halogens is 3. The number of aromatic amines is 1. The molecule has 3 aromatic rings. The van der Waals surface area contributed by atoms with E-state index in [-0.39, 0.29) is 24.3 Å². The van der Waals surface area contributed by atoms with E-state index in [0.29, 0.717) is 11.0 Å². The fourth-order valence-corrected chi connectivity index (χ4v) is 2.60. The first kappa shape index (κ1) is 19.5. The average Bonchev–Trinajstić information content (AvgIpc) is 2.97. The third-order valence-electron chi connectivity index (χ3n) is 4.07. The van der Waals surface area contributed by atoms with Gasteiger partial charge < -0.3 is 15.0 Å². The predicted molar refractivity (Wildman–Crippen MR) is 95.3 cm³/mol. The lowest BCUT2D eigenvalue weighted by Gasteiger charge is -2.18. The molecular weight excluding hydrogens is 377 g/mol. The van der Waals surface area contributed by atoms with Crippen LogP contribution >= 0.6 is 0 Å². The summed E-state index contributed by atoms with van der Waals surface area (Å²) in [5.41, 5.74) is 0.916. The lowest BCUT2D eigenvalue weighted by molar-refractivity contribution is -0.190. The van der Waals surface area contributed by atoms with Crippen LogP contribution in [-0.4, -0.2) is 39.3 Å². The molecule has 0 saturated carbocycles. The summed E-state index contributed by atoms with van der Waals surface area (Å²) in [5.74, 6) is -1.06. The summed E-state index contributed by atoms with van der Waals surface area (Å²) in [6.45, 7) is 1.10. The molecule has 0 spiro atoms. The Morgan fingerprint density at radius 1 is 1.29 bits per heavy atom. The highest BCUT2D eigenvalue weighted by Crippen LogP contribution is 2.25. The standard InChI is InChI=1S/C18H17F3N4O3/c1-11(18(19,20)21)28-16-12(5-4-8-23-16)15(26)22-9-10-25-14-7-3-2-6-13(14)24-17(25)27/h2-8,11H,9-10H2,1H3,(H,22,26)(H,24,27)/t11-/m1/s1. The molecule has 0 saturated heterocycles. The number of hydrogen-bond acceptors (Lipinski definition) is 4. The molecule has 148 valence electrons. The number of para-hydroxylation sites is 2. The number of carbonyl (C=O) groups excluding carboxylic acids is 1. The van der Waals surface area contributed by atoms with Gasteiger partial charge in [-0.2, -0.15) is 13.2 Å². The minimum absolute atomic E-state index is 0.0870. The molecule has 0 aliphatic rings. The van der Waals surface area contributed by atoms with Crippen molar-refractivity contribution in [3.8, 4) is 5.88 Å². The number of pyridine rings is 1. The number of benzene rings is 1. The molecule has 3 rings (SSSR count). The Kier molecular flexibility index (Phi) is 5.39. The van der Waals surface area contributed by atoms with E-state index in [1.54, 1.807) is 24.3 Å². The van der Waals surface area contributed by atoms with Crippen LogP contribution < -0.4 is 15.7 Å². The van der Waals surface area contributed by atoms with Crippen LogP contribution in [0.15, 0.2) is 47.4 Å². The Labute approximate surface area is 157 Å². The van der Waals surface area contributed by atoms with Crippen molar-refractivity contribution in [1.82, 2.24) is 19.9 Å². The Balaban J connectivity index is 1.69. The minimum Gasteiger partial charge on any atom is -0.464 e. The molecule has 10 heteroatoms. The molecule has 2 aromatic heterocycles. The topological polar surface area (TPSA) is 89.0 Å². The number of nitrogens with zero attached hydrogens (tertiary/aromatic N) is 2. The number of fused-ring (bicyclic) bond motifs is 1. The SMILES string of the molecule is C[C@@H](Oc1ncccc1C(=O)NCCn1c(=O)[nH]c2ccccc21)C(F)(F)F. The van der Waals surface area contributed by atoms with E-state index in [4.69, 9.17) is 4.74 Å². The van der Waals surface area contributed by atoms with Gasteiger partial charge in [-0.1, -0.05) is 12.1 Å². The Morgan fingerprint density at radius 2 is 2.04 bits per heavy atom. The van der Waals surface area contributed by atoms with E-state index in [0.717, 1.165) is 6.92 Å². The van der Waals surface area contributed by atoms with Crippen molar-refractivity contribution in [3.63, 3.8) is 0 Å². The summed E-state index contributed by atoms with van der Waals surface area (Å²) in [4.78, 5) is 30.8. The monoisotopic (exact) mass is 394 g/mol. The molecule has 7 nitrogen and oxygen atoms in total. The molecule has 1 aromatic carbocycles. The lowest BCUT2D eigenvalue weighted by atomic mass is 10.2. The highest BCUT2D eigenvalue weighted by Gasteiger charge is 2.38.